The Labute approximate surface area is 107 Å². The van der Waals surface area contributed by atoms with Gasteiger partial charge >= 0.3 is 0 Å². The van der Waals surface area contributed by atoms with E-state index < -0.39 is 0 Å². The molecule has 0 bridgehead atoms. The molecule has 2 nitrogen and oxygen atoms in total. The van der Waals surface area contributed by atoms with Gasteiger partial charge in [0.1, 0.15) is 5.82 Å². The molecule has 1 heterocycles. The van der Waals surface area contributed by atoms with Gasteiger partial charge in [0.2, 0.25) is 0 Å². The van der Waals surface area contributed by atoms with Crippen LogP contribution in [0.3, 0.4) is 0 Å². The van der Waals surface area contributed by atoms with Crippen LogP contribution in [0.1, 0.15) is 18.0 Å². The summed E-state index contributed by atoms with van der Waals surface area (Å²) >= 11 is 6.15. The van der Waals surface area contributed by atoms with Crippen LogP contribution in [0.5, 0.6) is 0 Å². The summed E-state index contributed by atoms with van der Waals surface area (Å²) in [5.74, 6) is 0.262. The van der Waals surface area contributed by atoms with Gasteiger partial charge in [0.05, 0.1) is 0 Å². The number of hydrogen-bond acceptors (Lipinski definition) is 2. The maximum Gasteiger partial charge on any atom is 0.124 e. The highest BCUT2D eigenvalue weighted by molar-refractivity contribution is 6.31. The van der Waals surface area contributed by atoms with Gasteiger partial charge in [-0.05, 0) is 57.2 Å². The first-order valence-electron chi connectivity index (χ1n) is 5.93. The molecule has 1 saturated heterocycles. The third kappa shape index (κ3) is 2.62. The van der Waals surface area contributed by atoms with E-state index in [1.807, 2.05) is 13.1 Å². The maximum absolute atomic E-state index is 13.1. The fraction of sp³-hybridized carbons (Fsp3) is 0.538. The molecule has 0 amide bonds. The third-order valence-corrected chi connectivity index (χ3v) is 3.85. The Morgan fingerprint density at radius 3 is 2.94 bits per heavy atom. The minimum atomic E-state index is -0.274. The number of hydrogen-bond donors (Lipinski definition) is 1. The fourth-order valence-electron chi connectivity index (χ4n) is 2.73. The van der Waals surface area contributed by atoms with Crippen LogP contribution in [-0.2, 0) is 0 Å². The van der Waals surface area contributed by atoms with Gasteiger partial charge in [0, 0.05) is 11.1 Å². The van der Waals surface area contributed by atoms with Gasteiger partial charge in [0.15, 0.2) is 0 Å². The molecule has 0 spiro atoms. The summed E-state index contributed by atoms with van der Waals surface area (Å²) in [6, 6.07) is 4.99. The molecule has 0 radical (unpaired) electrons. The van der Waals surface area contributed by atoms with Gasteiger partial charge in [-0.15, -0.1) is 0 Å². The lowest BCUT2D eigenvalue weighted by Gasteiger charge is -2.26. The summed E-state index contributed by atoms with van der Waals surface area (Å²) in [4.78, 5) is 2.29. The lowest BCUT2D eigenvalue weighted by molar-refractivity contribution is 0.274. The van der Waals surface area contributed by atoms with E-state index >= 15 is 0 Å². The van der Waals surface area contributed by atoms with Crippen molar-refractivity contribution in [3.63, 3.8) is 0 Å². The van der Waals surface area contributed by atoms with Crippen molar-refractivity contribution < 1.29 is 4.39 Å². The number of rotatable bonds is 3. The Bertz CT molecular complexity index is 395. The van der Waals surface area contributed by atoms with Crippen molar-refractivity contribution in [1.29, 1.82) is 0 Å². The van der Waals surface area contributed by atoms with Crippen LogP contribution in [0.15, 0.2) is 18.2 Å². The predicted octanol–water partition coefficient (Wildman–Crippen LogP) is 2.69. The van der Waals surface area contributed by atoms with Crippen molar-refractivity contribution in [2.45, 2.75) is 12.5 Å². The number of nitrogens with zero attached hydrogens (tertiary/aromatic N) is 1. The first-order chi connectivity index (χ1) is 8.13. The molecule has 1 fully saturated rings. The van der Waals surface area contributed by atoms with Crippen molar-refractivity contribution in [1.82, 2.24) is 10.2 Å². The smallest absolute Gasteiger partial charge is 0.124 e. The van der Waals surface area contributed by atoms with Gasteiger partial charge in [0.25, 0.3) is 0 Å². The van der Waals surface area contributed by atoms with E-state index in [0.717, 1.165) is 25.1 Å². The molecule has 1 aromatic carbocycles. The molecule has 94 valence electrons. The average molecular weight is 257 g/mol. The second-order valence-corrected chi connectivity index (χ2v) is 5.10. The van der Waals surface area contributed by atoms with Crippen molar-refractivity contribution in [2.75, 3.05) is 27.2 Å². The molecule has 2 rings (SSSR count). The summed E-state index contributed by atoms with van der Waals surface area (Å²) < 4.78 is 13.1. The average Bonchev–Trinajstić information content (AvgIpc) is 2.62. The van der Waals surface area contributed by atoms with Crippen LogP contribution in [0.25, 0.3) is 0 Å². The minimum Gasteiger partial charge on any atom is -0.319 e. The first-order valence-corrected chi connectivity index (χ1v) is 6.31. The zero-order valence-electron chi connectivity index (χ0n) is 10.2. The Balaban J connectivity index is 2.29. The topological polar surface area (TPSA) is 15.3 Å². The Hall–Kier alpha value is -0.640. The SMILES string of the molecule is CNCC1CCN(C)C1c1ccc(F)cc1Cl. The molecule has 2 atom stereocenters. The van der Waals surface area contributed by atoms with Gasteiger partial charge in [-0.2, -0.15) is 0 Å². The molecule has 1 aliphatic rings. The summed E-state index contributed by atoms with van der Waals surface area (Å²) in [6.45, 7) is 2.02. The van der Waals surface area contributed by atoms with Crippen molar-refractivity contribution in [3.05, 3.63) is 34.6 Å². The van der Waals surface area contributed by atoms with Crippen LogP contribution in [-0.4, -0.2) is 32.1 Å². The molecule has 0 aromatic heterocycles. The predicted molar refractivity (Wildman–Crippen MR) is 68.8 cm³/mol. The van der Waals surface area contributed by atoms with E-state index in [1.165, 1.54) is 12.1 Å². The van der Waals surface area contributed by atoms with Gasteiger partial charge in [-0.3, -0.25) is 4.90 Å². The number of benzene rings is 1. The highest BCUT2D eigenvalue weighted by Crippen LogP contribution is 2.38. The largest absolute Gasteiger partial charge is 0.319 e. The van der Waals surface area contributed by atoms with Gasteiger partial charge in [-0.25, -0.2) is 4.39 Å². The summed E-state index contributed by atoms with van der Waals surface area (Å²) in [5.41, 5.74) is 1.04. The van der Waals surface area contributed by atoms with E-state index in [4.69, 9.17) is 11.6 Å². The standard InChI is InChI=1S/C13H18ClFN2/c1-16-8-9-5-6-17(2)13(9)11-4-3-10(15)7-12(11)14/h3-4,7,9,13,16H,5-6,8H2,1-2H3. The van der Waals surface area contributed by atoms with E-state index in [2.05, 4.69) is 17.3 Å². The summed E-state index contributed by atoms with van der Waals surface area (Å²) in [6.07, 6.45) is 1.15. The lowest BCUT2D eigenvalue weighted by atomic mass is 9.93. The van der Waals surface area contributed by atoms with E-state index in [9.17, 15) is 4.39 Å². The van der Waals surface area contributed by atoms with E-state index in [-0.39, 0.29) is 11.9 Å². The molecular formula is C13H18ClFN2. The first kappa shape index (κ1) is 12.8. The molecule has 1 aromatic rings. The zero-order valence-corrected chi connectivity index (χ0v) is 11.0. The highest BCUT2D eigenvalue weighted by atomic mass is 35.5. The molecule has 1 N–H and O–H groups in total. The molecular weight excluding hydrogens is 239 g/mol. The Kier molecular flexibility index (Phi) is 4.02. The molecule has 0 aliphatic carbocycles. The number of likely N-dealkylation sites (tertiary alicyclic amines) is 1. The maximum atomic E-state index is 13.1. The minimum absolute atomic E-state index is 0.274. The quantitative estimate of drug-likeness (QED) is 0.895. The van der Waals surface area contributed by atoms with Crippen molar-refractivity contribution in [2.24, 2.45) is 5.92 Å². The third-order valence-electron chi connectivity index (χ3n) is 3.52. The number of halogens is 2. The molecule has 0 saturated carbocycles. The van der Waals surface area contributed by atoms with Crippen molar-refractivity contribution in [3.8, 4) is 0 Å². The molecule has 17 heavy (non-hydrogen) atoms. The van der Waals surface area contributed by atoms with Crippen LogP contribution in [0, 0.1) is 11.7 Å². The summed E-state index contributed by atoms with van der Waals surface area (Å²) in [5, 5.41) is 3.75. The second kappa shape index (κ2) is 5.34. The lowest BCUT2D eigenvalue weighted by Crippen LogP contribution is -2.27. The van der Waals surface area contributed by atoms with E-state index in [0.29, 0.717) is 10.9 Å². The summed E-state index contributed by atoms with van der Waals surface area (Å²) in [7, 11) is 4.06. The number of nitrogens with one attached hydrogen (secondary N) is 1. The fourth-order valence-corrected chi connectivity index (χ4v) is 3.01. The van der Waals surface area contributed by atoms with E-state index in [1.54, 1.807) is 0 Å². The van der Waals surface area contributed by atoms with Crippen LogP contribution in [0.2, 0.25) is 5.02 Å². The normalized spacial score (nSPS) is 25.4. The van der Waals surface area contributed by atoms with Gasteiger partial charge < -0.3 is 5.32 Å². The Morgan fingerprint density at radius 1 is 1.53 bits per heavy atom. The van der Waals surface area contributed by atoms with Crippen molar-refractivity contribution >= 4 is 11.6 Å². The molecule has 1 aliphatic heterocycles. The zero-order chi connectivity index (χ0) is 12.4. The molecule has 4 heteroatoms. The Morgan fingerprint density at radius 2 is 2.29 bits per heavy atom. The molecule has 2 unspecified atom stereocenters. The van der Waals surface area contributed by atoms with Gasteiger partial charge in [-0.1, -0.05) is 17.7 Å². The highest BCUT2D eigenvalue weighted by Gasteiger charge is 2.33. The van der Waals surface area contributed by atoms with Crippen LogP contribution < -0.4 is 5.32 Å². The monoisotopic (exact) mass is 256 g/mol. The van der Waals surface area contributed by atoms with Crippen LogP contribution in [0.4, 0.5) is 4.39 Å². The second-order valence-electron chi connectivity index (χ2n) is 4.70. The van der Waals surface area contributed by atoms with Crippen LogP contribution >= 0.6 is 11.6 Å².